The Kier molecular flexibility index (Phi) is 5.62. The minimum Gasteiger partial charge on any atom is -0.465 e. The van der Waals surface area contributed by atoms with Crippen molar-refractivity contribution in [3.63, 3.8) is 0 Å². The fourth-order valence-corrected chi connectivity index (χ4v) is 3.13. The van der Waals surface area contributed by atoms with Crippen LogP contribution in [0.15, 0.2) is 36.4 Å². The van der Waals surface area contributed by atoms with Gasteiger partial charge in [0.2, 0.25) is 0 Å². The van der Waals surface area contributed by atoms with E-state index in [4.69, 9.17) is 21.3 Å². The number of hydrogen-bond acceptors (Lipinski definition) is 3. The van der Waals surface area contributed by atoms with Crippen molar-refractivity contribution in [3.8, 4) is 5.69 Å². The number of halogens is 1. The van der Waals surface area contributed by atoms with Crippen molar-refractivity contribution in [1.29, 1.82) is 0 Å². The van der Waals surface area contributed by atoms with Gasteiger partial charge in [0.1, 0.15) is 5.82 Å². The van der Waals surface area contributed by atoms with Crippen LogP contribution in [0.1, 0.15) is 37.2 Å². The zero-order valence-corrected chi connectivity index (χ0v) is 16.1. The highest BCUT2D eigenvalue weighted by atomic mass is 35.5. The van der Waals surface area contributed by atoms with Gasteiger partial charge in [-0.15, -0.1) is 0 Å². The number of nitrogens with zero attached hydrogens (tertiary/aromatic N) is 2. The topological polar surface area (TPSA) is 44.1 Å². The van der Waals surface area contributed by atoms with Crippen molar-refractivity contribution in [2.75, 3.05) is 6.61 Å². The maximum atomic E-state index is 11.2. The van der Waals surface area contributed by atoms with Crippen LogP contribution in [0.5, 0.6) is 0 Å². The van der Waals surface area contributed by atoms with E-state index in [1.807, 2.05) is 13.0 Å². The fourth-order valence-electron chi connectivity index (χ4n) is 2.97. The van der Waals surface area contributed by atoms with Gasteiger partial charge in [0, 0.05) is 30.0 Å². The second kappa shape index (κ2) is 7.92. The minimum absolute atomic E-state index is 0.159. The third-order valence-corrected chi connectivity index (χ3v) is 4.86. The number of aromatic nitrogens is 2. The molecular weight excluding hydrogens is 348 g/mol. The molecule has 1 aromatic heterocycles. The highest BCUT2D eigenvalue weighted by Crippen LogP contribution is 2.27. The molecule has 2 aromatic carbocycles. The lowest BCUT2D eigenvalue weighted by Gasteiger charge is -2.10. The molecule has 0 aliphatic rings. The van der Waals surface area contributed by atoms with Crippen LogP contribution in [0, 0.1) is 6.92 Å². The summed E-state index contributed by atoms with van der Waals surface area (Å²) in [6.07, 6.45) is 1.96. The Labute approximate surface area is 158 Å². The first-order valence-electron chi connectivity index (χ1n) is 8.95. The van der Waals surface area contributed by atoms with Crippen molar-refractivity contribution >= 4 is 28.6 Å². The molecule has 0 spiro atoms. The van der Waals surface area contributed by atoms with E-state index in [2.05, 4.69) is 41.8 Å². The quantitative estimate of drug-likeness (QED) is 0.570. The van der Waals surface area contributed by atoms with Crippen LogP contribution in [0.25, 0.3) is 16.7 Å². The number of carbonyl (C=O) groups is 1. The second-order valence-electron chi connectivity index (χ2n) is 6.30. The maximum Gasteiger partial charge on any atom is 0.305 e. The number of ether oxygens (including phenoxy) is 1. The molecule has 4 nitrogen and oxygen atoms in total. The Hall–Kier alpha value is -2.33. The third-order valence-electron chi connectivity index (χ3n) is 4.46. The lowest BCUT2D eigenvalue weighted by Crippen LogP contribution is -2.06. The number of hydrogen-bond donors (Lipinski definition) is 0. The van der Waals surface area contributed by atoms with Crippen LogP contribution in [-0.4, -0.2) is 22.1 Å². The lowest BCUT2D eigenvalue weighted by atomic mass is 10.1. The molecular formula is C21H23ClN2O2. The van der Waals surface area contributed by atoms with Crippen molar-refractivity contribution < 1.29 is 9.53 Å². The SMILES string of the molecule is CCC(=O)OCCc1ccc(-n2c(CC)nc3cc(Cl)c(C)cc32)cc1. The monoisotopic (exact) mass is 370 g/mol. The smallest absolute Gasteiger partial charge is 0.305 e. The molecule has 0 aliphatic heterocycles. The zero-order valence-electron chi connectivity index (χ0n) is 15.4. The molecule has 0 saturated heterocycles. The molecule has 1 heterocycles. The van der Waals surface area contributed by atoms with Crippen LogP contribution < -0.4 is 0 Å². The molecule has 0 fully saturated rings. The van der Waals surface area contributed by atoms with Gasteiger partial charge in [-0.1, -0.05) is 37.6 Å². The van der Waals surface area contributed by atoms with E-state index in [0.29, 0.717) is 19.4 Å². The van der Waals surface area contributed by atoms with Gasteiger partial charge in [-0.25, -0.2) is 4.98 Å². The minimum atomic E-state index is -0.159. The van der Waals surface area contributed by atoms with E-state index < -0.39 is 0 Å². The Morgan fingerprint density at radius 2 is 1.92 bits per heavy atom. The molecule has 26 heavy (non-hydrogen) atoms. The molecule has 0 N–H and O–H groups in total. The van der Waals surface area contributed by atoms with Crippen LogP contribution in [0.4, 0.5) is 0 Å². The first-order chi connectivity index (χ1) is 12.5. The van der Waals surface area contributed by atoms with Crippen LogP contribution in [0.3, 0.4) is 0 Å². The normalized spacial score (nSPS) is 11.1. The van der Waals surface area contributed by atoms with Gasteiger partial charge in [0.15, 0.2) is 0 Å². The standard InChI is InChI=1S/C21H23ClN2O2/c1-4-20-23-18-13-17(22)14(3)12-19(18)24(20)16-8-6-15(7-9-16)10-11-26-21(25)5-2/h6-9,12-13H,4-5,10-11H2,1-3H3. The predicted molar refractivity (Wildman–Crippen MR) is 105 cm³/mol. The summed E-state index contributed by atoms with van der Waals surface area (Å²) in [5, 5.41) is 0.738. The summed E-state index contributed by atoms with van der Waals surface area (Å²) >= 11 is 6.26. The number of imidazole rings is 1. The van der Waals surface area contributed by atoms with Gasteiger partial charge < -0.3 is 4.74 Å². The van der Waals surface area contributed by atoms with Gasteiger partial charge in [0.05, 0.1) is 17.6 Å². The van der Waals surface area contributed by atoms with Gasteiger partial charge in [-0.2, -0.15) is 0 Å². The third kappa shape index (κ3) is 3.75. The van der Waals surface area contributed by atoms with Gasteiger partial charge in [-0.3, -0.25) is 9.36 Å². The van der Waals surface area contributed by atoms with Crippen molar-refractivity contribution in [2.24, 2.45) is 0 Å². The van der Waals surface area contributed by atoms with E-state index in [-0.39, 0.29) is 5.97 Å². The average Bonchev–Trinajstić information content (AvgIpc) is 3.00. The number of aryl methyl sites for hydroxylation is 2. The molecule has 3 aromatic rings. The van der Waals surface area contributed by atoms with Gasteiger partial charge >= 0.3 is 5.97 Å². The Balaban J connectivity index is 1.89. The van der Waals surface area contributed by atoms with Crippen LogP contribution in [-0.2, 0) is 22.4 Å². The first kappa shape index (κ1) is 18.5. The van der Waals surface area contributed by atoms with Gasteiger partial charge in [0.25, 0.3) is 0 Å². The van der Waals surface area contributed by atoms with Crippen molar-refractivity contribution in [2.45, 2.75) is 40.0 Å². The summed E-state index contributed by atoms with van der Waals surface area (Å²) in [5.41, 5.74) is 5.22. The lowest BCUT2D eigenvalue weighted by molar-refractivity contribution is -0.143. The second-order valence-corrected chi connectivity index (χ2v) is 6.70. The number of rotatable bonds is 6. The number of fused-ring (bicyclic) bond motifs is 1. The Bertz CT molecular complexity index is 929. The van der Waals surface area contributed by atoms with E-state index in [1.165, 1.54) is 0 Å². The number of carbonyl (C=O) groups excluding carboxylic acids is 1. The molecule has 0 amide bonds. The van der Waals surface area contributed by atoms with Gasteiger partial charge in [-0.05, 0) is 42.3 Å². The molecule has 136 valence electrons. The highest BCUT2D eigenvalue weighted by Gasteiger charge is 2.13. The fraction of sp³-hybridized carbons (Fsp3) is 0.333. The molecule has 0 radical (unpaired) electrons. The van der Waals surface area contributed by atoms with Crippen LogP contribution in [0.2, 0.25) is 5.02 Å². The first-order valence-corrected chi connectivity index (χ1v) is 9.33. The summed E-state index contributed by atoms with van der Waals surface area (Å²) in [4.78, 5) is 15.9. The maximum absolute atomic E-state index is 11.2. The van der Waals surface area contributed by atoms with E-state index in [9.17, 15) is 4.79 Å². The zero-order chi connectivity index (χ0) is 18.7. The van der Waals surface area contributed by atoms with Crippen LogP contribution >= 0.6 is 11.6 Å². The number of esters is 1. The van der Waals surface area contributed by atoms with E-state index in [1.54, 1.807) is 6.92 Å². The van der Waals surface area contributed by atoms with Crippen molar-refractivity contribution in [3.05, 3.63) is 58.4 Å². The summed E-state index contributed by atoms with van der Waals surface area (Å²) < 4.78 is 7.33. The average molecular weight is 371 g/mol. The van der Waals surface area contributed by atoms with E-state index in [0.717, 1.165) is 45.1 Å². The van der Waals surface area contributed by atoms with Crippen molar-refractivity contribution in [1.82, 2.24) is 9.55 Å². The molecule has 0 unspecified atom stereocenters. The summed E-state index contributed by atoms with van der Waals surface area (Å²) in [6, 6.07) is 12.3. The molecule has 0 saturated carbocycles. The summed E-state index contributed by atoms with van der Waals surface area (Å²) in [6.45, 7) is 6.32. The Morgan fingerprint density at radius 1 is 1.19 bits per heavy atom. The summed E-state index contributed by atoms with van der Waals surface area (Å²) in [7, 11) is 0. The largest absolute Gasteiger partial charge is 0.465 e. The predicted octanol–water partition coefficient (Wildman–Crippen LogP) is 5.05. The molecule has 0 aliphatic carbocycles. The molecule has 5 heteroatoms. The molecule has 3 rings (SSSR count). The highest BCUT2D eigenvalue weighted by molar-refractivity contribution is 6.32. The summed E-state index contributed by atoms with van der Waals surface area (Å²) in [5.74, 6) is 0.847. The van der Waals surface area contributed by atoms with E-state index >= 15 is 0 Å². The number of benzene rings is 2. The molecule has 0 atom stereocenters. The molecule has 0 bridgehead atoms. The Morgan fingerprint density at radius 3 is 2.58 bits per heavy atom.